The number of carbonyl (C=O) groups excluding carboxylic acids is 1. The molecule has 1 atom stereocenters. The Morgan fingerprint density at radius 1 is 1.62 bits per heavy atom. The minimum absolute atomic E-state index is 0.101. The van der Waals surface area contributed by atoms with Crippen LogP contribution < -0.4 is 10.1 Å². The van der Waals surface area contributed by atoms with Gasteiger partial charge < -0.3 is 20.0 Å². The molecule has 0 bridgehead atoms. The highest BCUT2D eigenvalue weighted by molar-refractivity contribution is 5.73. The second kappa shape index (κ2) is 2.97. The number of phenolic OH excluding ortho intramolecular Hbond substituents is 1. The molecule has 4 nitrogen and oxygen atoms in total. The normalized spacial score (nSPS) is 19.5. The summed E-state index contributed by atoms with van der Waals surface area (Å²) in [6.07, 6.45) is 0.759. The summed E-state index contributed by atoms with van der Waals surface area (Å²) in [6, 6.07) is 4.60. The summed E-state index contributed by atoms with van der Waals surface area (Å²) in [7, 11) is 0. The van der Waals surface area contributed by atoms with E-state index in [0.29, 0.717) is 18.0 Å². The van der Waals surface area contributed by atoms with Crippen LogP contribution in [-0.4, -0.2) is 24.0 Å². The summed E-state index contributed by atoms with van der Waals surface area (Å²) in [6.45, 7) is 0.306. The van der Waals surface area contributed by atoms with Crippen molar-refractivity contribution in [1.82, 2.24) is 0 Å². The number of ether oxygens (including phenoxy) is 1. The zero-order chi connectivity index (χ0) is 9.26. The molecule has 1 aliphatic heterocycles. The molecule has 68 valence electrons. The van der Waals surface area contributed by atoms with Crippen LogP contribution in [0.5, 0.6) is 11.5 Å². The Kier molecular flexibility index (Phi) is 1.81. The molecule has 1 aromatic rings. The van der Waals surface area contributed by atoms with Crippen LogP contribution in [0.3, 0.4) is 0 Å². The van der Waals surface area contributed by atoms with Crippen LogP contribution in [0.25, 0.3) is 0 Å². The van der Waals surface area contributed by atoms with Gasteiger partial charge in [-0.25, -0.2) is 0 Å². The van der Waals surface area contributed by atoms with E-state index >= 15 is 0 Å². The van der Waals surface area contributed by atoms with Gasteiger partial charge in [0.2, 0.25) is 0 Å². The van der Waals surface area contributed by atoms with E-state index in [9.17, 15) is 9.90 Å². The highest BCUT2D eigenvalue weighted by atomic mass is 16.5. The Labute approximate surface area is 75.1 Å². The van der Waals surface area contributed by atoms with E-state index in [1.165, 1.54) is 0 Å². The van der Waals surface area contributed by atoms with Gasteiger partial charge in [-0.1, -0.05) is 6.07 Å². The number of hydrogen-bond acceptors (Lipinski definition) is 4. The predicted molar refractivity (Wildman–Crippen MR) is 47.1 cm³/mol. The van der Waals surface area contributed by atoms with Crippen LogP contribution in [0.4, 0.5) is 5.69 Å². The van der Waals surface area contributed by atoms with Crippen molar-refractivity contribution in [1.29, 1.82) is 0 Å². The number of phenols is 1. The molecule has 13 heavy (non-hydrogen) atoms. The molecule has 0 radical (unpaired) electrons. The molecule has 0 amide bonds. The van der Waals surface area contributed by atoms with Crippen LogP contribution in [0.15, 0.2) is 18.2 Å². The summed E-state index contributed by atoms with van der Waals surface area (Å²) < 4.78 is 5.25. The largest absolute Gasteiger partial charge is 0.506 e. The maximum absolute atomic E-state index is 10.5. The first-order valence-electron chi connectivity index (χ1n) is 3.98. The van der Waals surface area contributed by atoms with E-state index in [-0.39, 0.29) is 11.8 Å². The maximum Gasteiger partial charge on any atom is 0.146 e. The van der Waals surface area contributed by atoms with Crippen molar-refractivity contribution in [2.75, 3.05) is 11.9 Å². The molecule has 2 N–H and O–H groups in total. The topological polar surface area (TPSA) is 58.6 Å². The van der Waals surface area contributed by atoms with Crippen molar-refractivity contribution in [3.05, 3.63) is 18.2 Å². The first-order chi connectivity index (χ1) is 6.31. The molecule has 0 aliphatic carbocycles. The van der Waals surface area contributed by atoms with Gasteiger partial charge >= 0.3 is 0 Å². The van der Waals surface area contributed by atoms with Gasteiger partial charge in [-0.2, -0.15) is 0 Å². The van der Waals surface area contributed by atoms with E-state index in [1.54, 1.807) is 18.2 Å². The van der Waals surface area contributed by atoms with Gasteiger partial charge in [0.25, 0.3) is 0 Å². The number of anilines is 1. The molecule has 1 heterocycles. The van der Waals surface area contributed by atoms with Gasteiger partial charge in [0.15, 0.2) is 0 Å². The summed E-state index contributed by atoms with van der Waals surface area (Å²) in [5.41, 5.74) is 0.492. The van der Waals surface area contributed by atoms with Gasteiger partial charge in [-0.3, -0.25) is 0 Å². The quantitative estimate of drug-likeness (QED) is 0.493. The third-order valence-corrected chi connectivity index (χ3v) is 1.92. The van der Waals surface area contributed by atoms with Gasteiger partial charge in [-0.15, -0.1) is 0 Å². The van der Waals surface area contributed by atoms with Crippen molar-refractivity contribution in [3.8, 4) is 11.5 Å². The van der Waals surface area contributed by atoms with E-state index in [0.717, 1.165) is 6.29 Å². The molecule has 0 spiro atoms. The number of aldehydes is 1. The van der Waals surface area contributed by atoms with E-state index in [4.69, 9.17) is 4.74 Å². The van der Waals surface area contributed by atoms with Crippen molar-refractivity contribution in [3.63, 3.8) is 0 Å². The van der Waals surface area contributed by atoms with Crippen molar-refractivity contribution < 1.29 is 14.6 Å². The fourth-order valence-corrected chi connectivity index (χ4v) is 1.26. The summed E-state index contributed by atoms with van der Waals surface area (Å²) in [5.74, 6) is 0.683. The monoisotopic (exact) mass is 179 g/mol. The van der Waals surface area contributed by atoms with Crippen LogP contribution >= 0.6 is 0 Å². The van der Waals surface area contributed by atoms with Gasteiger partial charge in [-0.05, 0) is 12.1 Å². The van der Waals surface area contributed by atoms with Gasteiger partial charge in [0.1, 0.15) is 36.1 Å². The first-order valence-corrected chi connectivity index (χ1v) is 3.98. The van der Waals surface area contributed by atoms with E-state index in [2.05, 4.69) is 5.32 Å². The molecule has 1 unspecified atom stereocenters. The molecule has 0 saturated heterocycles. The summed E-state index contributed by atoms with van der Waals surface area (Å²) >= 11 is 0. The third-order valence-electron chi connectivity index (χ3n) is 1.92. The lowest BCUT2D eigenvalue weighted by molar-refractivity contribution is -0.109. The Morgan fingerprint density at radius 3 is 3.23 bits per heavy atom. The number of rotatable bonds is 1. The molecule has 4 heteroatoms. The average Bonchev–Trinajstić information content (AvgIpc) is 2.18. The third kappa shape index (κ3) is 1.30. The highest BCUT2D eigenvalue weighted by Gasteiger charge is 2.20. The number of nitrogens with one attached hydrogen (secondary N) is 1. The van der Waals surface area contributed by atoms with Crippen molar-refractivity contribution in [2.24, 2.45) is 0 Å². The first kappa shape index (κ1) is 7.91. The number of para-hydroxylation sites is 1. The number of fused-ring (bicyclic) bond motifs is 1. The number of benzene rings is 1. The smallest absolute Gasteiger partial charge is 0.146 e. The zero-order valence-corrected chi connectivity index (χ0v) is 6.86. The predicted octanol–water partition coefficient (Wildman–Crippen LogP) is 0.764. The second-order valence-corrected chi connectivity index (χ2v) is 2.85. The number of aromatic hydroxyl groups is 1. The molecule has 0 fully saturated rings. The van der Waals surface area contributed by atoms with Crippen LogP contribution in [0.2, 0.25) is 0 Å². The summed E-state index contributed by atoms with van der Waals surface area (Å²) in [4.78, 5) is 10.5. The molecular weight excluding hydrogens is 170 g/mol. The Hall–Kier alpha value is -1.71. The minimum atomic E-state index is -0.374. The van der Waals surface area contributed by atoms with Crippen LogP contribution in [0.1, 0.15) is 0 Å². The average molecular weight is 179 g/mol. The summed E-state index contributed by atoms with van der Waals surface area (Å²) in [5, 5.41) is 12.3. The standard InChI is InChI=1S/C9H9NO3/c11-4-6-5-13-8-3-1-2-7(12)9(8)10-6/h1-4,6,10,12H,5H2. The fraction of sp³-hybridized carbons (Fsp3) is 0.222. The molecule has 0 aromatic heterocycles. The number of carbonyl (C=O) groups is 1. The molecule has 1 aromatic carbocycles. The Bertz CT molecular complexity index is 338. The second-order valence-electron chi connectivity index (χ2n) is 2.85. The zero-order valence-electron chi connectivity index (χ0n) is 6.86. The fourth-order valence-electron chi connectivity index (χ4n) is 1.26. The molecule has 0 saturated carbocycles. The van der Waals surface area contributed by atoms with Crippen LogP contribution in [-0.2, 0) is 4.79 Å². The van der Waals surface area contributed by atoms with E-state index < -0.39 is 0 Å². The minimum Gasteiger partial charge on any atom is -0.506 e. The van der Waals surface area contributed by atoms with Crippen molar-refractivity contribution in [2.45, 2.75) is 6.04 Å². The van der Waals surface area contributed by atoms with Crippen LogP contribution in [0, 0.1) is 0 Å². The highest BCUT2D eigenvalue weighted by Crippen LogP contribution is 2.36. The lowest BCUT2D eigenvalue weighted by atomic mass is 10.2. The SMILES string of the molecule is O=CC1COc2cccc(O)c2N1. The van der Waals surface area contributed by atoms with Gasteiger partial charge in [0.05, 0.1) is 0 Å². The molecular formula is C9H9NO3. The molecule has 1 aliphatic rings. The van der Waals surface area contributed by atoms with Gasteiger partial charge in [0, 0.05) is 0 Å². The number of hydrogen-bond donors (Lipinski definition) is 2. The Morgan fingerprint density at radius 2 is 2.46 bits per heavy atom. The maximum atomic E-state index is 10.5. The van der Waals surface area contributed by atoms with Crippen molar-refractivity contribution >= 4 is 12.0 Å². The Balaban J connectivity index is 2.37. The van der Waals surface area contributed by atoms with E-state index in [1.807, 2.05) is 0 Å². The lowest BCUT2D eigenvalue weighted by Crippen LogP contribution is -2.32. The molecule has 2 rings (SSSR count). The lowest BCUT2D eigenvalue weighted by Gasteiger charge is -2.24.